The van der Waals surface area contributed by atoms with Crippen molar-refractivity contribution in [2.45, 2.75) is 18.7 Å². The van der Waals surface area contributed by atoms with E-state index in [0.717, 1.165) is 5.56 Å². The molecule has 1 heterocycles. The number of nitro benzene ring substituents is 1. The van der Waals surface area contributed by atoms with E-state index < -0.39 is 14.9 Å². The van der Waals surface area contributed by atoms with Crippen LogP contribution in [0.5, 0.6) is 0 Å². The molecule has 0 unspecified atom stereocenters. The van der Waals surface area contributed by atoms with E-state index in [1.165, 1.54) is 34.1 Å². The Kier molecular flexibility index (Phi) is 4.14. The number of hydrogen-bond acceptors (Lipinski definition) is 4. The van der Waals surface area contributed by atoms with Crippen molar-refractivity contribution in [2.24, 2.45) is 0 Å². The zero-order valence-electron chi connectivity index (χ0n) is 12.4. The van der Waals surface area contributed by atoms with Crippen LogP contribution in [0.2, 0.25) is 0 Å². The van der Waals surface area contributed by atoms with Crippen molar-refractivity contribution in [3.05, 3.63) is 75.3 Å². The maximum absolute atomic E-state index is 12.6. The summed E-state index contributed by atoms with van der Waals surface area (Å²) >= 11 is 0. The second-order valence-corrected chi connectivity index (χ2v) is 7.50. The largest absolute Gasteiger partial charge is 0.269 e. The second-order valence-electron chi connectivity index (χ2n) is 5.53. The Morgan fingerprint density at radius 3 is 2.35 bits per heavy atom. The van der Waals surface area contributed by atoms with Crippen LogP contribution in [0.4, 0.5) is 5.69 Å². The summed E-state index contributed by atoms with van der Waals surface area (Å²) in [6.45, 7) is 0.845. The molecule has 2 aromatic carbocycles. The molecule has 120 valence electrons. The van der Waals surface area contributed by atoms with Crippen molar-refractivity contribution in [1.29, 1.82) is 0 Å². The Hall–Kier alpha value is -2.25. The van der Waals surface area contributed by atoms with Crippen LogP contribution >= 0.6 is 0 Å². The van der Waals surface area contributed by atoms with Crippen LogP contribution in [-0.2, 0) is 28.7 Å². The lowest BCUT2D eigenvalue weighted by Crippen LogP contribution is -2.36. The van der Waals surface area contributed by atoms with Gasteiger partial charge in [0.15, 0.2) is 0 Å². The molecule has 0 atom stereocenters. The maximum Gasteiger partial charge on any atom is 0.269 e. The van der Waals surface area contributed by atoms with E-state index in [9.17, 15) is 18.5 Å². The Morgan fingerprint density at radius 1 is 1.04 bits per heavy atom. The number of non-ortho nitro benzene ring substituents is 1. The minimum atomic E-state index is -3.45. The molecular formula is C16H16N2O4S. The molecule has 2 aromatic rings. The number of rotatable bonds is 4. The van der Waals surface area contributed by atoms with Gasteiger partial charge in [0, 0.05) is 25.2 Å². The normalized spacial score (nSPS) is 15.1. The Labute approximate surface area is 134 Å². The molecule has 0 amide bonds. The predicted octanol–water partition coefficient (Wildman–Crippen LogP) is 2.48. The molecule has 0 aromatic heterocycles. The summed E-state index contributed by atoms with van der Waals surface area (Å²) in [4.78, 5) is 10.1. The monoisotopic (exact) mass is 332 g/mol. The first-order chi connectivity index (χ1) is 11.0. The van der Waals surface area contributed by atoms with Gasteiger partial charge in [-0.05, 0) is 23.1 Å². The fourth-order valence-corrected chi connectivity index (χ4v) is 4.22. The van der Waals surface area contributed by atoms with Crippen molar-refractivity contribution >= 4 is 15.7 Å². The SMILES string of the molecule is O=[N+]([O-])c1ccc(CS(=O)(=O)N2CCc3ccccc3C2)cc1. The summed E-state index contributed by atoms with van der Waals surface area (Å²) in [6, 6.07) is 13.5. The molecule has 6 nitrogen and oxygen atoms in total. The van der Waals surface area contributed by atoms with Crippen LogP contribution in [0, 0.1) is 10.1 Å². The smallest absolute Gasteiger partial charge is 0.258 e. The van der Waals surface area contributed by atoms with Gasteiger partial charge in [0.2, 0.25) is 10.0 Å². The maximum atomic E-state index is 12.6. The van der Waals surface area contributed by atoms with Crippen molar-refractivity contribution in [1.82, 2.24) is 4.31 Å². The summed E-state index contributed by atoms with van der Waals surface area (Å²) in [5.41, 5.74) is 2.73. The summed E-state index contributed by atoms with van der Waals surface area (Å²) in [5, 5.41) is 10.6. The zero-order valence-corrected chi connectivity index (χ0v) is 13.2. The first kappa shape index (κ1) is 15.6. The van der Waals surface area contributed by atoms with E-state index >= 15 is 0 Å². The second kappa shape index (κ2) is 6.10. The molecule has 0 N–H and O–H groups in total. The van der Waals surface area contributed by atoms with Crippen molar-refractivity contribution in [2.75, 3.05) is 6.54 Å². The van der Waals surface area contributed by atoms with Gasteiger partial charge in [0.25, 0.3) is 5.69 Å². The molecule has 23 heavy (non-hydrogen) atoms. The Balaban J connectivity index is 1.76. The molecule has 0 saturated carbocycles. The van der Waals surface area contributed by atoms with E-state index in [1.54, 1.807) is 0 Å². The highest BCUT2D eigenvalue weighted by Crippen LogP contribution is 2.23. The number of nitro groups is 1. The van der Waals surface area contributed by atoms with Crippen LogP contribution in [0.15, 0.2) is 48.5 Å². The summed E-state index contributed by atoms with van der Waals surface area (Å²) in [5.74, 6) is -0.146. The van der Waals surface area contributed by atoms with Gasteiger partial charge in [-0.25, -0.2) is 8.42 Å². The van der Waals surface area contributed by atoms with Gasteiger partial charge < -0.3 is 0 Å². The molecule has 0 aliphatic carbocycles. The summed E-state index contributed by atoms with van der Waals surface area (Å²) in [6.07, 6.45) is 0.704. The first-order valence-electron chi connectivity index (χ1n) is 7.24. The quantitative estimate of drug-likeness (QED) is 0.636. The van der Waals surface area contributed by atoms with Gasteiger partial charge in [-0.15, -0.1) is 0 Å². The van der Waals surface area contributed by atoms with Crippen LogP contribution < -0.4 is 0 Å². The topological polar surface area (TPSA) is 80.5 Å². The minimum absolute atomic E-state index is 0.0435. The van der Waals surface area contributed by atoms with Gasteiger partial charge >= 0.3 is 0 Å². The van der Waals surface area contributed by atoms with Gasteiger partial charge in [-0.1, -0.05) is 36.4 Å². The van der Waals surface area contributed by atoms with Crippen molar-refractivity contribution < 1.29 is 13.3 Å². The molecule has 0 bridgehead atoms. The molecular weight excluding hydrogens is 316 g/mol. The third-order valence-electron chi connectivity index (χ3n) is 3.99. The highest BCUT2D eigenvalue weighted by atomic mass is 32.2. The molecule has 1 aliphatic heterocycles. The third-order valence-corrected chi connectivity index (χ3v) is 5.78. The molecule has 0 radical (unpaired) electrons. The molecule has 0 saturated heterocycles. The highest BCUT2D eigenvalue weighted by Gasteiger charge is 2.26. The molecule has 0 spiro atoms. The minimum Gasteiger partial charge on any atom is -0.258 e. The van der Waals surface area contributed by atoms with E-state index in [1.807, 2.05) is 24.3 Å². The van der Waals surface area contributed by atoms with Crippen molar-refractivity contribution in [3.63, 3.8) is 0 Å². The van der Waals surface area contributed by atoms with Crippen LogP contribution in [0.3, 0.4) is 0 Å². The third kappa shape index (κ3) is 3.40. The molecule has 1 aliphatic rings. The fourth-order valence-electron chi connectivity index (χ4n) is 2.72. The Morgan fingerprint density at radius 2 is 1.70 bits per heavy atom. The number of hydrogen-bond donors (Lipinski definition) is 0. The van der Waals surface area contributed by atoms with Crippen molar-refractivity contribution in [3.8, 4) is 0 Å². The van der Waals surface area contributed by atoms with E-state index in [4.69, 9.17) is 0 Å². The molecule has 0 fully saturated rings. The summed E-state index contributed by atoms with van der Waals surface area (Å²) in [7, 11) is -3.45. The zero-order chi connectivity index (χ0) is 16.4. The van der Waals surface area contributed by atoms with Crippen LogP contribution in [0.25, 0.3) is 0 Å². The fraction of sp³-hybridized carbons (Fsp3) is 0.250. The van der Waals surface area contributed by atoms with Gasteiger partial charge in [-0.2, -0.15) is 4.31 Å². The molecule has 3 rings (SSSR count). The van der Waals surface area contributed by atoms with Gasteiger partial charge in [-0.3, -0.25) is 10.1 Å². The summed E-state index contributed by atoms with van der Waals surface area (Å²) < 4.78 is 26.6. The standard InChI is InChI=1S/C16H16N2O4S/c19-18(20)16-7-5-13(6-8-16)12-23(21,22)17-10-9-14-3-1-2-4-15(14)11-17/h1-8H,9-12H2. The number of sulfonamides is 1. The average molecular weight is 332 g/mol. The predicted molar refractivity (Wildman–Crippen MR) is 86.3 cm³/mol. The molecule has 7 heteroatoms. The van der Waals surface area contributed by atoms with Gasteiger partial charge in [0.05, 0.1) is 10.7 Å². The van der Waals surface area contributed by atoms with Crippen LogP contribution in [0.1, 0.15) is 16.7 Å². The average Bonchev–Trinajstić information content (AvgIpc) is 2.54. The number of fused-ring (bicyclic) bond motifs is 1. The lowest BCUT2D eigenvalue weighted by Gasteiger charge is -2.28. The van der Waals surface area contributed by atoms with Gasteiger partial charge in [0.1, 0.15) is 0 Å². The first-order valence-corrected chi connectivity index (χ1v) is 8.84. The Bertz CT molecular complexity index is 831. The van der Waals surface area contributed by atoms with E-state index in [2.05, 4.69) is 0 Å². The lowest BCUT2D eigenvalue weighted by molar-refractivity contribution is -0.384. The highest BCUT2D eigenvalue weighted by molar-refractivity contribution is 7.88. The van der Waals surface area contributed by atoms with E-state index in [0.29, 0.717) is 25.1 Å². The number of nitrogens with zero attached hydrogens (tertiary/aromatic N) is 2. The van der Waals surface area contributed by atoms with E-state index in [-0.39, 0.29) is 11.4 Å². The number of benzene rings is 2. The van der Waals surface area contributed by atoms with Crippen LogP contribution in [-0.4, -0.2) is 24.2 Å². The lowest BCUT2D eigenvalue weighted by atomic mass is 10.0.